The number of nitrogens with one attached hydrogen (secondary N) is 1. The zero-order valence-electron chi connectivity index (χ0n) is 12.3. The van der Waals surface area contributed by atoms with Crippen molar-refractivity contribution in [2.45, 2.75) is 26.4 Å². The second-order valence-corrected chi connectivity index (χ2v) is 4.93. The van der Waals surface area contributed by atoms with Gasteiger partial charge in [0.15, 0.2) is 0 Å². The number of hydrogen-bond acceptors (Lipinski definition) is 4. The van der Waals surface area contributed by atoms with Gasteiger partial charge in [-0.05, 0) is 23.6 Å². The molecule has 0 radical (unpaired) electrons. The lowest BCUT2D eigenvalue weighted by Crippen LogP contribution is -2.40. The van der Waals surface area contributed by atoms with E-state index in [0.717, 1.165) is 11.3 Å². The maximum Gasteiger partial charge on any atom is 0.320 e. The fraction of sp³-hybridized carbons (Fsp3) is 0.533. The molecule has 0 heterocycles. The molecule has 0 aliphatic heterocycles. The fourth-order valence-corrected chi connectivity index (χ4v) is 1.82. The number of aliphatic carboxylic acids is 1. The number of carboxylic acids is 1. The summed E-state index contributed by atoms with van der Waals surface area (Å²) in [4.78, 5) is 11.1. The summed E-state index contributed by atoms with van der Waals surface area (Å²) in [5.41, 5.74) is 0.992. The number of carbonyl (C=O) groups is 1. The molecule has 0 aliphatic rings. The third-order valence-electron chi connectivity index (χ3n) is 2.91. The first-order valence-corrected chi connectivity index (χ1v) is 6.71. The van der Waals surface area contributed by atoms with Crippen LogP contribution in [0.4, 0.5) is 0 Å². The predicted molar refractivity (Wildman–Crippen MR) is 76.9 cm³/mol. The van der Waals surface area contributed by atoms with Crippen molar-refractivity contribution in [3.05, 3.63) is 29.8 Å². The Hall–Kier alpha value is -1.59. The van der Waals surface area contributed by atoms with Crippen LogP contribution >= 0.6 is 0 Å². The van der Waals surface area contributed by atoms with Crippen molar-refractivity contribution >= 4 is 5.97 Å². The van der Waals surface area contributed by atoms with Gasteiger partial charge in [-0.3, -0.25) is 4.79 Å². The Labute approximate surface area is 119 Å². The predicted octanol–water partition coefficient (Wildman–Crippen LogP) is 1.91. The molecule has 0 unspecified atom stereocenters. The number of rotatable bonds is 9. The smallest absolute Gasteiger partial charge is 0.320 e. The maximum atomic E-state index is 11.1. The van der Waals surface area contributed by atoms with E-state index in [1.165, 1.54) is 0 Å². The van der Waals surface area contributed by atoms with Crippen LogP contribution in [0, 0.1) is 5.92 Å². The Morgan fingerprint density at radius 1 is 1.35 bits per heavy atom. The van der Waals surface area contributed by atoms with Crippen LogP contribution in [-0.4, -0.2) is 37.4 Å². The molecule has 0 bridgehead atoms. The van der Waals surface area contributed by atoms with Crippen molar-refractivity contribution in [2.75, 3.05) is 20.3 Å². The van der Waals surface area contributed by atoms with Crippen LogP contribution < -0.4 is 10.1 Å². The largest absolute Gasteiger partial charge is 0.491 e. The maximum absolute atomic E-state index is 11.1. The normalized spacial score (nSPS) is 12.4. The third kappa shape index (κ3) is 5.59. The molecule has 0 fully saturated rings. The van der Waals surface area contributed by atoms with Gasteiger partial charge in [-0.15, -0.1) is 0 Å². The summed E-state index contributed by atoms with van der Waals surface area (Å²) in [6, 6.07) is 7.06. The van der Waals surface area contributed by atoms with Crippen molar-refractivity contribution in [2.24, 2.45) is 5.92 Å². The second-order valence-electron chi connectivity index (χ2n) is 4.93. The Kier molecular flexibility index (Phi) is 7.04. The number of benzene rings is 1. The molecule has 20 heavy (non-hydrogen) atoms. The number of ether oxygens (including phenoxy) is 2. The van der Waals surface area contributed by atoms with Crippen molar-refractivity contribution in [3.8, 4) is 5.75 Å². The molecule has 0 saturated carbocycles. The molecule has 0 amide bonds. The highest BCUT2D eigenvalue weighted by Crippen LogP contribution is 2.14. The van der Waals surface area contributed by atoms with Crippen molar-refractivity contribution in [3.63, 3.8) is 0 Å². The zero-order chi connectivity index (χ0) is 15.0. The first-order chi connectivity index (χ1) is 9.54. The minimum atomic E-state index is -0.826. The molecule has 0 spiro atoms. The topological polar surface area (TPSA) is 67.8 Å². The Morgan fingerprint density at radius 2 is 2.10 bits per heavy atom. The first kappa shape index (κ1) is 16.5. The highest BCUT2D eigenvalue weighted by atomic mass is 16.5. The summed E-state index contributed by atoms with van der Waals surface area (Å²) in [5, 5.41) is 12.2. The molecule has 1 rings (SSSR count). The van der Waals surface area contributed by atoms with E-state index >= 15 is 0 Å². The van der Waals surface area contributed by atoms with Gasteiger partial charge in [-0.25, -0.2) is 0 Å². The van der Waals surface area contributed by atoms with Gasteiger partial charge < -0.3 is 19.9 Å². The zero-order valence-corrected chi connectivity index (χ0v) is 12.3. The molecule has 0 aromatic heterocycles. The quantitative estimate of drug-likeness (QED) is 0.677. The molecule has 0 aliphatic carbocycles. The molecular formula is C15H23NO4. The van der Waals surface area contributed by atoms with Gasteiger partial charge in [0, 0.05) is 13.7 Å². The van der Waals surface area contributed by atoms with Gasteiger partial charge in [0.2, 0.25) is 0 Å². The van der Waals surface area contributed by atoms with Gasteiger partial charge in [-0.1, -0.05) is 26.0 Å². The van der Waals surface area contributed by atoms with Gasteiger partial charge in [0.05, 0.1) is 6.61 Å². The van der Waals surface area contributed by atoms with E-state index in [4.69, 9.17) is 14.6 Å². The van der Waals surface area contributed by atoms with E-state index in [-0.39, 0.29) is 5.92 Å². The van der Waals surface area contributed by atoms with Gasteiger partial charge in [0.1, 0.15) is 18.4 Å². The summed E-state index contributed by atoms with van der Waals surface area (Å²) in [6.45, 7) is 5.30. The van der Waals surface area contributed by atoms with Gasteiger partial charge in [-0.2, -0.15) is 0 Å². The van der Waals surface area contributed by atoms with Crippen molar-refractivity contribution in [1.29, 1.82) is 0 Å². The molecule has 112 valence electrons. The average Bonchev–Trinajstić information content (AvgIpc) is 2.39. The van der Waals surface area contributed by atoms with Crippen LogP contribution in [0.25, 0.3) is 0 Å². The van der Waals surface area contributed by atoms with E-state index in [2.05, 4.69) is 5.32 Å². The lowest BCUT2D eigenvalue weighted by molar-refractivity contribution is -0.140. The summed E-state index contributed by atoms with van der Waals surface area (Å²) in [6.07, 6.45) is 0. The van der Waals surface area contributed by atoms with Crippen LogP contribution in [0.2, 0.25) is 0 Å². The van der Waals surface area contributed by atoms with Gasteiger partial charge >= 0.3 is 5.97 Å². The number of carboxylic acid groups (broad SMARTS) is 1. The summed E-state index contributed by atoms with van der Waals surface area (Å²) < 4.78 is 10.4. The number of methoxy groups -OCH3 is 1. The lowest BCUT2D eigenvalue weighted by Gasteiger charge is -2.18. The number of hydrogen-bond donors (Lipinski definition) is 2. The lowest BCUT2D eigenvalue weighted by atomic mass is 10.0. The van der Waals surface area contributed by atoms with E-state index in [1.807, 2.05) is 38.1 Å². The summed E-state index contributed by atoms with van der Waals surface area (Å²) in [7, 11) is 1.63. The highest BCUT2D eigenvalue weighted by molar-refractivity contribution is 5.73. The van der Waals surface area contributed by atoms with Crippen LogP contribution in [0.1, 0.15) is 19.4 Å². The minimum absolute atomic E-state index is 0.0358. The van der Waals surface area contributed by atoms with Crippen LogP contribution in [0.3, 0.4) is 0 Å². The van der Waals surface area contributed by atoms with E-state index in [1.54, 1.807) is 7.11 Å². The fourth-order valence-electron chi connectivity index (χ4n) is 1.82. The van der Waals surface area contributed by atoms with Crippen molar-refractivity contribution in [1.82, 2.24) is 5.32 Å². The third-order valence-corrected chi connectivity index (χ3v) is 2.91. The molecule has 0 saturated heterocycles. The minimum Gasteiger partial charge on any atom is -0.491 e. The molecule has 5 nitrogen and oxygen atoms in total. The summed E-state index contributed by atoms with van der Waals surface area (Å²) >= 11 is 0. The molecule has 2 N–H and O–H groups in total. The summed E-state index contributed by atoms with van der Waals surface area (Å²) in [5.74, 6) is -0.0288. The molecular weight excluding hydrogens is 258 g/mol. The Morgan fingerprint density at radius 3 is 2.70 bits per heavy atom. The van der Waals surface area contributed by atoms with Gasteiger partial charge in [0.25, 0.3) is 0 Å². The van der Waals surface area contributed by atoms with Crippen molar-refractivity contribution < 1.29 is 19.4 Å². The van der Waals surface area contributed by atoms with E-state index in [9.17, 15) is 4.79 Å². The molecule has 5 heteroatoms. The SMILES string of the molecule is COCCOc1cccc(CN[C@@H](C(=O)O)C(C)C)c1. The van der Waals surface area contributed by atoms with Crippen LogP contribution in [0.5, 0.6) is 5.75 Å². The molecule has 1 aromatic rings. The molecule has 1 atom stereocenters. The average molecular weight is 281 g/mol. The Bertz CT molecular complexity index is 420. The monoisotopic (exact) mass is 281 g/mol. The van der Waals surface area contributed by atoms with Crippen LogP contribution in [0.15, 0.2) is 24.3 Å². The first-order valence-electron chi connectivity index (χ1n) is 6.71. The Balaban J connectivity index is 2.55. The highest BCUT2D eigenvalue weighted by Gasteiger charge is 2.20. The van der Waals surface area contributed by atoms with E-state index < -0.39 is 12.0 Å². The second kappa shape index (κ2) is 8.55. The van der Waals surface area contributed by atoms with E-state index in [0.29, 0.717) is 19.8 Å². The molecule has 1 aromatic carbocycles. The van der Waals surface area contributed by atoms with Crippen LogP contribution in [-0.2, 0) is 16.1 Å². The standard InChI is InChI=1S/C15H23NO4/c1-11(2)14(15(17)18)16-10-12-5-4-6-13(9-12)20-8-7-19-3/h4-6,9,11,14,16H,7-8,10H2,1-3H3,(H,17,18)/t14-/m1/s1.